The number of carboxylic acid groups (broad SMARTS) is 1. The van der Waals surface area contributed by atoms with Gasteiger partial charge in [-0.05, 0) is 25.5 Å². The fraction of sp³-hybridized carbons (Fsp3) is 0.333. The molecule has 0 saturated heterocycles. The van der Waals surface area contributed by atoms with E-state index in [1.54, 1.807) is 13.8 Å². The van der Waals surface area contributed by atoms with Crippen LogP contribution in [0.5, 0.6) is 0 Å². The molecule has 4 N–H and O–H groups in total. The lowest BCUT2D eigenvalue weighted by molar-refractivity contribution is -0.120. The average Bonchev–Trinajstić information content (AvgIpc) is 2.32. The lowest BCUT2D eigenvalue weighted by atomic mass is 9.99. The highest BCUT2D eigenvalue weighted by molar-refractivity contribution is 6.40. The maximum absolute atomic E-state index is 11.9. The number of rotatable bonds is 4. The molecule has 7 heteroatoms. The molecule has 0 aromatic heterocycles. The van der Waals surface area contributed by atoms with Gasteiger partial charge in [-0.1, -0.05) is 30.1 Å². The number of carbonyl (C=O) groups is 2. The number of hydrogen-bond acceptors (Lipinski definition) is 3. The van der Waals surface area contributed by atoms with Gasteiger partial charge in [0.05, 0.1) is 26.8 Å². The molecule has 0 aliphatic rings. The van der Waals surface area contributed by atoms with Crippen LogP contribution in [0, 0.1) is 0 Å². The molecule has 1 aromatic carbocycles. The number of benzene rings is 1. The molecule has 1 amide bonds. The van der Waals surface area contributed by atoms with Crippen LogP contribution in [-0.4, -0.2) is 22.5 Å². The molecule has 0 aliphatic carbocycles. The van der Waals surface area contributed by atoms with Crippen molar-refractivity contribution in [2.24, 2.45) is 5.73 Å². The van der Waals surface area contributed by atoms with Crippen molar-refractivity contribution in [3.63, 3.8) is 0 Å². The van der Waals surface area contributed by atoms with E-state index < -0.39 is 17.4 Å². The first-order chi connectivity index (χ1) is 8.69. The van der Waals surface area contributed by atoms with E-state index in [4.69, 9.17) is 34.0 Å². The molecule has 19 heavy (non-hydrogen) atoms. The van der Waals surface area contributed by atoms with Gasteiger partial charge in [0.1, 0.15) is 0 Å². The zero-order valence-corrected chi connectivity index (χ0v) is 12.0. The van der Waals surface area contributed by atoms with E-state index in [1.165, 1.54) is 12.1 Å². The van der Waals surface area contributed by atoms with E-state index in [1.807, 2.05) is 0 Å². The summed E-state index contributed by atoms with van der Waals surface area (Å²) >= 11 is 11.8. The zero-order chi connectivity index (χ0) is 14.8. The molecule has 5 nitrogen and oxygen atoms in total. The average molecular weight is 305 g/mol. The number of halogens is 2. The first-order valence-corrected chi connectivity index (χ1v) is 6.27. The predicted molar refractivity (Wildman–Crippen MR) is 74.9 cm³/mol. The molecule has 0 radical (unpaired) electrons. The molecule has 0 spiro atoms. The Morgan fingerprint density at radius 2 is 1.84 bits per heavy atom. The van der Waals surface area contributed by atoms with E-state index in [9.17, 15) is 9.59 Å². The number of amides is 1. The fourth-order valence-electron chi connectivity index (χ4n) is 1.23. The van der Waals surface area contributed by atoms with Crippen LogP contribution >= 0.6 is 23.2 Å². The second-order valence-electron chi connectivity index (χ2n) is 4.35. The number of nitrogens with two attached hydrogens (primary N) is 1. The number of carbonyl (C=O) groups excluding carboxylic acids is 1. The topological polar surface area (TPSA) is 92.4 Å². The second kappa shape index (κ2) is 5.77. The van der Waals surface area contributed by atoms with Crippen molar-refractivity contribution in [2.75, 3.05) is 5.32 Å². The Morgan fingerprint density at radius 3 is 2.21 bits per heavy atom. The molecule has 1 unspecified atom stereocenters. The zero-order valence-electron chi connectivity index (χ0n) is 10.5. The minimum Gasteiger partial charge on any atom is -0.478 e. The minimum atomic E-state index is -1.15. The van der Waals surface area contributed by atoms with Crippen molar-refractivity contribution in [1.82, 2.24) is 0 Å². The van der Waals surface area contributed by atoms with Crippen LogP contribution in [0.25, 0.3) is 0 Å². The molecular formula is C12H14Cl2N2O3. The molecular weight excluding hydrogens is 291 g/mol. The Hall–Kier alpha value is -1.30. The molecule has 0 heterocycles. The maximum atomic E-state index is 11.9. The Balaban J connectivity index is 3.10. The predicted octanol–water partition coefficient (Wildman–Crippen LogP) is 2.76. The fourth-order valence-corrected chi connectivity index (χ4v) is 1.81. The summed E-state index contributed by atoms with van der Waals surface area (Å²) in [5.41, 5.74) is 4.84. The summed E-state index contributed by atoms with van der Waals surface area (Å²) in [4.78, 5) is 22.7. The summed E-state index contributed by atoms with van der Waals surface area (Å²) in [5.74, 6) is -1.60. The summed E-state index contributed by atoms with van der Waals surface area (Å²) in [7, 11) is 0. The highest BCUT2D eigenvalue weighted by atomic mass is 35.5. The first-order valence-electron chi connectivity index (χ1n) is 5.51. The second-order valence-corrected chi connectivity index (χ2v) is 5.16. The molecule has 0 aliphatic heterocycles. The summed E-state index contributed by atoms with van der Waals surface area (Å²) < 4.78 is 0. The van der Waals surface area contributed by atoms with E-state index in [0.29, 0.717) is 6.42 Å². The third-order valence-electron chi connectivity index (χ3n) is 2.78. The highest BCUT2D eigenvalue weighted by Gasteiger charge is 2.27. The summed E-state index contributed by atoms with van der Waals surface area (Å²) in [6.45, 7) is 3.35. The molecule has 104 valence electrons. The van der Waals surface area contributed by atoms with Crippen LogP contribution in [0.3, 0.4) is 0 Å². The van der Waals surface area contributed by atoms with Gasteiger partial charge in [0, 0.05) is 0 Å². The van der Waals surface area contributed by atoms with Crippen LogP contribution in [-0.2, 0) is 4.79 Å². The third kappa shape index (κ3) is 3.59. The van der Waals surface area contributed by atoms with Gasteiger partial charge in [-0.25, -0.2) is 4.79 Å². The first kappa shape index (κ1) is 15.8. The molecule has 1 rings (SSSR count). The summed E-state index contributed by atoms with van der Waals surface area (Å²) in [6, 6.07) is 2.43. The van der Waals surface area contributed by atoms with Crippen LogP contribution < -0.4 is 11.1 Å². The van der Waals surface area contributed by atoms with Gasteiger partial charge < -0.3 is 16.2 Å². The molecule has 0 saturated carbocycles. The highest BCUT2D eigenvalue weighted by Crippen LogP contribution is 2.32. The summed E-state index contributed by atoms with van der Waals surface area (Å²) in [6.07, 6.45) is 0.432. The maximum Gasteiger partial charge on any atom is 0.335 e. The van der Waals surface area contributed by atoms with Crippen molar-refractivity contribution in [3.05, 3.63) is 27.7 Å². The van der Waals surface area contributed by atoms with Crippen molar-refractivity contribution < 1.29 is 14.7 Å². The standard InChI is InChI=1S/C12H14Cl2N2O3/c1-3-12(2,15)11(19)16-9-7(13)4-6(10(17)18)5-8(9)14/h4-5H,3,15H2,1-2H3,(H,16,19)(H,17,18). The van der Waals surface area contributed by atoms with Gasteiger partial charge in [-0.15, -0.1) is 0 Å². The minimum absolute atomic E-state index is 0.0464. The normalized spacial score (nSPS) is 13.7. The van der Waals surface area contributed by atoms with E-state index >= 15 is 0 Å². The number of hydrogen-bond donors (Lipinski definition) is 3. The van der Waals surface area contributed by atoms with Crippen molar-refractivity contribution in [3.8, 4) is 0 Å². The molecule has 0 fully saturated rings. The number of carboxylic acids is 1. The Labute approximate surface area is 120 Å². The summed E-state index contributed by atoms with van der Waals surface area (Å²) in [5, 5.41) is 11.5. The number of aromatic carboxylic acids is 1. The molecule has 1 aromatic rings. The largest absolute Gasteiger partial charge is 0.478 e. The smallest absolute Gasteiger partial charge is 0.335 e. The number of anilines is 1. The monoisotopic (exact) mass is 304 g/mol. The van der Waals surface area contributed by atoms with Crippen molar-refractivity contribution >= 4 is 40.8 Å². The van der Waals surface area contributed by atoms with E-state index in [2.05, 4.69) is 5.32 Å². The Kier molecular flexibility index (Phi) is 4.79. The third-order valence-corrected chi connectivity index (χ3v) is 3.38. The molecule has 0 bridgehead atoms. The van der Waals surface area contributed by atoms with Gasteiger partial charge in [0.15, 0.2) is 0 Å². The lowest BCUT2D eigenvalue weighted by Crippen LogP contribution is -2.47. The quantitative estimate of drug-likeness (QED) is 0.797. The Bertz CT molecular complexity index is 507. The molecule has 1 atom stereocenters. The number of nitrogens with one attached hydrogen (secondary N) is 1. The van der Waals surface area contributed by atoms with E-state index in [-0.39, 0.29) is 21.3 Å². The van der Waals surface area contributed by atoms with Crippen LogP contribution in [0.4, 0.5) is 5.69 Å². The van der Waals surface area contributed by atoms with Crippen LogP contribution in [0.15, 0.2) is 12.1 Å². The Morgan fingerprint density at radius 1 is 1.37 bits per heavy atom. The van der Waals surface area contributed by atoms with Crippen molar-refractivity contribution in [2.45, 2.75) is 25.8 Å². The van der Waals surface area contributed by atoms with E-state index in [0.717, 1.165) is 0 Å². The van der Waals surface area contributed by atoms with Gasteiger partial charge in [-0.2, -0.15) is 0 Å². The van der Waals surface area contributed by atoms with Gasteiger partial charge in [0.25, 0.3) is 0 Å². The van der Waals surface area contributed by atoms with Crippen LogP contribution in [0.2, 0.25) is 10.0 Å². The van der Waals surface area contributed by atoms with Gasteiger partial charge in [0.2, 0.25) is 5.91 Å². The van der Waals surface area contributed by atoms with Gasteiger partial charge >= 0.3 is 5.97 Å². The van der Waals surface area contributed by atoms with Crippen molar-refractivity contribution in [1.29, 1.82) is 0 Å². The lowest BCUT2D eigenvalue weighted by Gasteiger charge is -2.22. The SMILES string of the molecule is CCC(C)(N)C(=O)Nc1c(Cl)cc(C(=O)O)cc1Cl. The van der Waals surface area contributed by atoms with Gasteiger partial charge in [-0.3, -0.25) is 4.79 Å². The van der Waals surface area contributed by atoms with Crippen LogP contribution in [0.1, 0.15) is 30.6 Å².